The monoisotopic (exact) mass is 361 g/mol. The fraction of sp³-hybridized carbons (Fsp3) is 0.667. The lowest BCUT2D eigenvalue weighted by Gasteiger charge is -2.39. The standard InChI is InChI=1S/C21H28ClNO2/c22-17-9-7-16(8-10-17)19-18(15-23-13-5-2-6-14-23)20(24)25-21(19)11-3-1-4-12-21/h7-10,18-19H,1-6,11-15H2. The minimum atomic E-state index is -0.288. The molecule has 136 valence electrons. The van der Waals surface area contributed by atoms with Crippen molar-refractivity contribution >= 4 is 17.6 Å². The van der Waals surface area contributed by atoms with E-state index in [2.05, 4.69) is 17.0 Å². The molecule has 3 aliphatic rings. The van der Waals surface area contributed by atoms with Crippen molar-refractivity contribution in [2.75, 3.05) is 19.6 Å². The molecule has 0 aromatic heterocycles. The molecule has 1 aromatic carbocycles. The van der Waals surface area contributed by atoms with Gasteiger partial charge < -0.3 is 9.64 Å². The van der Waals surface area contributed by atoms with Gasteiger partial charge in [0.25, 0.3) is 0 Å². The molecular weight excluding hydrogens is 334 g/mol. The summed E-state index contributed by atoms with van der Waals surface area (Å²) in [4.78, 5) is 15.4. The number of benzene rings is 1. The van der Waals surface area contributed by atoms with Crippen LogP contribution in [0.1, 0.15) is 62.8 Å². The van der Waals surface area contributed by atoms with E-state index in [9.17, 15) is 4.79 Å². The van der Waals surface area contributed by atoms with Gasteiger partial charge in [-0.05, 0) is 69.3 Å². The zero-order valence-corrected chi connectivity index (χ0v) is 15.6. The summed E-state index contributed by atoms with van der Waals surface area (Å²) in [5.41, 5.74) is 0.933. The maximum atomic E-state index is 12.9. The third-order valence-electron chi connectivity index (χ3n) is 6.41. The van der Waals surface area contributed by atoms with Crippen LogP contribution in [0.15, 0.2) is 24.3 Å². The van der Waals surface area contributed by atoms with Gasteiger partial charge in [-0.3, -0.25) is 4.79 Å². The Morgan fingerprint density at radius 2 is 1.64 bits per heavy atom. The molecule has 0 amide bonds. The molecule has 2 aliphatic heterocycles. The number of esters is 1. The lowest BCUT2D eigenvalue weighted by Crippen LogP contribution is -2.41. The summed E-state index contributed by atoms with van der Waals surface area (Å²) in [6.45, 7) is 3.07. The molecule has 25 heavy (non-hydrogen) atoms. The Bertz CT molecular complexity index is 603. The van der Waals surface area contributed by atoms with E-state index in [0.29, 0.717) is 0 Å². The van der Waals surface area contributed by atoms with Gasteiger partial charge >= 0.3 is 5.97 Å². The van der Waals surface area contributed by atoms with E-state index in [1.165, 1.54) is 31.2 Å². The maximum Gasteiger partial charge on any atom is 0.311 e. The molecule has 1 saturated carbocycles. The summed E-state index contributed by atoms with van der Waals surface area (Å²) in [6.07, 6.45) is 9.39. The van der Waals surface area contributed by atoms with E-state index in [0.717, 1.165) is 50.3 Å². The number of likely N-dealkylation sites (tertiary alicyclic amines) is 1. The molecule has 2 saturated heterocycles. The quantitative estimate of drug-likeness (QED) is 0.725. The highest BCUT2D eigenvalue weighted by atomic mass is 35.5. The van der Waals surface area contributed by atoms with E-state index in [1.807, 2.05) is 12.1 Å². The molecule has 1 spiro atoms. The van der Waals surface area contributed by atoms with Crippen LogP contribution in [0.2, 0.25) is 5.02 Å². The Labute approximate surface area is 155 Å². The summed E-state index contributed by atoms with van der Waals surface area (Å²) >= 11 is 6.11. The van der Waals surface area contributed by atoms with Gasteiger partial charge in [-0.1, -0.05) is 36.6 Å². The number of nitrogens with zero attached hydrogens (tertiary/aromatic N) is 1. The zero-order chi connectivity index (χ0) is 17.3. The third-order valence-corrected chi connectivity index (χ3v) is 6.66. The number of hydrogen-bond acceptors (Lipinski definition) is 3. The first-order valence-corrected chi connectivity index (χ1v) is 10.3. The highest BCUT2D eigenvalue weighted by Gasteiger charge is 2.56. The molecule has 0 radical (unpaired) electrons. The molecule has 4 rings (SSSR count). The molecule has 3 fully saturated rings. The number of rotatable bonds is 3. The molecule has 2 heterocycles. The number of carbonyl (C=O) groups is 1. The Balaban J connectivity index is 1.65. The Kier molecular flexibility index (Phi) is 5.06. The van der Waals surface area contributed by atoms with Gasteiger partial charge in [0.1, 0.15) is 5.60 Å². The fourth-order valence-electron chi connectivity index (χ4n) is 5.21. The van der Waals surface area contributed by atoms with Crippen molar-refractivity contribution in [2.45, 2.75) is 62.9 Å². The van der Waals surface area contributed by atoms with E-state index >= 15 is 0 Å². The summed E-state index contributed by atoms with van der Waals surface area (Å²) in [5.74, 6) is 0.143. The largest absolute Gasteiger partial charge is 0.458 e. The lowest BCUT2D eigenvalue weighted by molar-refractivity contribution is -0.153. The second-order valence-electron chi connectivity index (χ2n) is 8.04. The molecule has 0 N–H and O–H groups in total. The number of ether oxygens (including phenoxy) is 1. The van der Waals surface area contributed by atoms with E-state index in [-0.39, 0.29) is 23.4 Å². The van der Waals surface area contributed by atoms with Crippen molar-refractivity contribution in [3.05, 3.63) is 34.9 Å². The molecule has 1 aliphatic carbocycles. The minimum Gasteiger partial charge on any atom is -0.458 e. The van der Waals surface area contributed by atoms with Crippen LogP contribution in [0.3, 0.4) is 0 Å². The Hall–Kier alpha value is -1.06. The first-order chi connectivity index (χ1) is 12.2. The van der Waals surface area contributed by atoms with Crippen LogP contribution in [0.25, 0.3) is 0 Å². The van der Waals surface area contributed by atoms with Crippen LogP contribution in [0, 0.1) is 5.92 Å². The van der Waals surface area contributed by atoms with Crippen molar-refractivity contribution in [1.82, 2.24) is 4.90 Å². The fourth-order valence-corrected chi connectivity index (χ4v) is 5.34. The summed E-state index contributed by atoms with van der Waals surface area (Å²) in [5, 5.41) is 0.749. The van der Waals surface area contributed by atoms with Gasteiger partial charge in [-0.15, -0.1) is 0 Å². The lowest BCUT2D eigenvalue weighted by atomic mass is 9.69. The maximum absolute atomic E-state index is 12.9. The Morgan fingerprint density at radius 1 is 1.00 bits per heavy atom. The molecular formula is C21H28ClNO2. The molecule has 3 nitrogen and oxygen atoms in total. The zero-order valence-electron chi connectivity index (χ0n) is 14.9. The third kappa shape index (κ3) is 3.46. The number of hydrogen-bond donors (Lipinski definition) is 0. The second-order valence-corrected chi connectivity index (χ2v) is 8.48. The van der Waals surface area contributed by atoms with Gasteiger partial charge in [0.2, 0.25) is 0 Å². The molecule has 2 atom stereocenters. The Morgan fingerprint density at radius 3 is 2.32 bits per heavy atom. The van der Waals surface area contributed by atoms with Crippen LogP contribution in [0.5, 0.6) is 0 Å². The van der Waals surface area contributed by atoms with Crippen molar-refractivity contribution in [3.8, 4) is 0 Å². The van der Waals surface area contributed by atoms with Gasteiger partial charge in [0.05, 0.1) is 5.92 Å². The normalized spacial score (nSPS) is 29.7. The predicted octanol–water partition coefficient (Wildman–Crippen LogP) is 4.79. The SMILES string of the molecule is O=C1OC2(CCCCC2)C(c2ccc(Cl)cc2)C1CN1CCCCC1. The van der Waals surface area contributed by atoms with Crippen LogP contribution in [-0.4, -0.2) is 36.1 Å². The van der Waals surface area contributed by atoms with E-state index in [1.54, 1.807) is 0 Å². The van der Waals surface area contributed by atoms with Gasteiger partial charge in [-0.2, -0.15) is 0 Å². The summed E-state index contributed by atoms with van der Waals surface area (Å²) in [6, 6.07) is 8.12. The highest BCUT2D eigenvalue weighted by Crippen LogP contribution is 2.52. The second kappa shape index (κ2) is 7.28. The van der Waals surface area contributed by atoms with Gasteiger partial charge in [-0.25, -0.2) is 0 Å². The van der Waals surface area contributed by atoms with E-state index < -0.39 is 0 Å². The highest BCUT2D eigenvalue weighted by molar-refractivity contribution is 6.30. The van der Waals surface area contributed by atoms with E-state index in [4.69, 9.17) is 16.3 Å². The molecule has 1 aromatic rings. The molecule has 2 unspecified atom stereocenters. The number of halogens is 1. The first kappa shape index (κ1) is 17.4. The van der Waals surface area contributed by atoms with Crippen LogP contribution in [-0.2, 0) is 9.53 Å². The summed E-state index contributed by atoms with van der Waals surface area (Å²) in [7, 11) is 0. The van der Waals surface area contributed by atoms with Crippen LogP contribution < -0.4 is 0 Å². The van der Waals surface area contributed by atoms with Crippen molar-refractivity contribution in [3.63, 3.8) is 0 Å². The topological polar surface area (TPSA) is 29.5 Å². The minimum absolute atomic E-state index is 0.0208. The van der Waals surface area contributed by atoms with Crippen LogP contribution >= 0.6 is 11.6 Å². The molecule has 4 heteroatoms. The summed E-state index contributed by atoms with van der Waals surface area (Å²) < 4.78 is 6.14. The van der Waals surface area contributed by atoms with Crippen molar-refractivity contribution in [1.29, 1.82) is 0 Å². The predicted molar refractivity (Wildman–Crippen MR) is 99.9 cm³/mol. The number of carbonyl (C=O) groups excluding carboxylic acids is 1. The van der Waals surface area contributed by atoms with Gasteiger partial charge in [0, 0.05) is 17.5 Å². The number of piperidine rings is 1. The first-order valence-electron chi connectivity index (χ1n) is 9.89. The average molecular weight is 362 g/mol. The smallest absolute Gasteiger partial charge is 0.311 e. The van der Waals surface area contributed by atoms with Crippen molar-refractivity contribution < 1.29 is 9.53 Å². The van der Waals surface area contributed by atoms with Gasteiger partial charge in [0.15, 0.2) is 0 Å². The molecule has 0 bridgehead atoms. The van der Waals surface area contributed by atoms with Crippen LogP contribution in [0.4, 0.5) is 0 Å². The average Bonchev–Trinajstić information content (AvgIpc) is 2.88. The van der Waals surface area contributed by atoms with Crippen molar-refractivity contribution in [2.24, 2.45) is 5.92 Å².